The second kappa shape index (κ2) is 6.45. The molecule has 0 aromatic carbocycles. The van der Waals surface area contributed by atoms with Crippen molar-refractivity contribution < 1.29 is 18.3 Å². The Morgan fingerprint density at radius 3 is 2.39 bits per heavy atom. The molecule has 1 atom stereocenters. The van der Waals surface area contributed by atoms with Crippen molar-refractivity contribution in [1.82, 2.24) is 9.88 Å². The van der Waals surface area contributed by atoms with Crippen molar-refractivity contribution in [1.29, 1.82) is 0 Å². The van der Waals surface area contributed by atoms with Gasteiger partial charge in [-0.3, -0.25) is 4.90 Å². The summed E-state index contributed by atoms with van der Waals surface area (Å²) in [4.78, 5) is 8.15. The molecule has 3 heterocycles. The highest BCUT2D eigenvalue weighted by Crippen LogP contribution is 2.34. The molecule has 1 aromatic rings. The van der Waals surface area contributed by atoms with Crippen molar-refractivity contribution >= 4 is 17.4 Å². The van der Waals surface area contributed by atoms with Crippen LogP contribution >= 0.6 is 11.6 Å². The summed E-state index contributed by atoms with van der Waals surface area (Å²) < 4.78 is 38.0. The summed E-state index contributed by atoms with van der Waals surface area (Å²) in [5, 5.41) is 9.65. The van der Waals surface area contributed by atoms with E-state index in [0.29, 0.717) is 31.5 Å². The van der Waals surface area contributed by atoms with Crippen LogP contribution in [-0.2, 0) is 6.18 Å². The Balaban J connectivity index is 1.63. The number of aliphatic hydroxyl groups excluding tert-OH is 1. The van der Waals surface area contributed by atoms with E-state index in [4.69, 9.17) is 11.6 Å². The van der Waals surface area contributed by atoms with E-state index in [0.717, 1.165) is 38.1 Å². The van der Waals surface area contributed by atoms with Crippen molar-refractivity contribution in [3.63, 3.8) is 0 Å². The predicted molar refractivity (Wildman–Crippen MR) is 81.7 cm³/mol. The SMILES string of the molecule is OC1CCN(C2CCN(c3ncc(C(F)(F)F)cc3Cl)CC2)C1. The van der Waals surface area contributed by atoms with Crippen molar-refractivity contribution in [2.45, 2.75) is 37.6 Å². The van der Waals surface area contributed by atoms with Crippen LogP contribution in [0.5, 0.6) is 0 Å². The molecule has 1 unspecified atom stereocenters. The second-order valence-electron chi connectivity index (χ2n) is 6.18. The Hall–Kier alpha value is -1.05. The van der Waals surface area contributed by atoms with Crippen LogP contribution in [0.4, 0.5) is 19.0 Å². The predicted octanol–water partition coefficient (Wildman–Crippen LogP) is 2.79. The summed E-state index contributed by atoms with van der Waals surface area (Å²) in [5.74, 6) is 0.416. The first-order chi connectivity index (χ1) is 10.8. The number of nitrogens with zero attached hydrogens (tertiary/aromatic N) is 3. The number of aromatic nitrogens is 1. The van der Waals surface area contributed by atoms with Crippen LogP contribution in [0, 0.1) is 0 Å². The van der Waals surface area contributed by atoms with Gasteiger partial charge in [0, 0.05) is 38.4 Å². The van der Waals surface area contributed by atoms with Crippen LogP contribution in [0.2, 0.25) is 5.02 Å². The van der Waals surface area contributed by atoms with Gasteiger partial charge in [-0.1, -0.05) is 11.6 Å². The molecule has 0 radical (unpaired) electrons. The number of hydrogen-bond acceptors (Lipinski definition) is 4. The van der Waals surface area contributed by atoms with E-state index >= 15 is 0 Å². The van der Waals surface area contributed by atoms with Gasteiger partial charge >= 0.3 is 6.18 Å². The summed E-state index contributed by atoms with van der Waals surface area (Å²) in [5.41, 5.74) is -0.827. The first-order valence-corrected chi connectivity index (χ1v) is 8.12. The van der Waals surface area contributed by atoms with E-state index < -0.39 is 11.7 Å². The highest BCUT2D eigenvalue weighted by atomic mass is 35.5. The number of halogens is 4. The molecule has 2 aliphatic rings. The number of β-amino-alcohol motifs (C(OH)–C–C–N with tert-alkyl or cyclic N) is 1. The van der Waals surface area contributed by atoms with Crippen molar-refractivity contribution in [3.8, 4) is 0 Å². The molecule has 1 N–H and O–H groups in total. The lowest BCUT2D eigenvalue weighted by Crippen LogP contribution is -2.44. The minimum Gasteiger partial charge on any atom is -0.392 e. The van der Waals surface area contributed by atoms with Gasteiger partial charge in [0.05, 0.1) is 16.7 Å². The number of rotatable bonds is 2. The molecule has 4 nitrogen and oxygen atoms in total. The molecule has 3 rings (SSSR count). The first kappa shape index (κ1) is 16.8. The van der Waals surface area contributed by atoms with E-state index in [2.05, 4.69) is 9.88 Å². The molecular weight excluding hydrogens is 331 g/mol. The van der Waals surface area contributed by atoms with Crippen LogP contribution in [-0.4, -0.2) is 53.3 Å². The third-order valence-corrected chi connectivity index (χ3v) is 4.90. The average Bonchev–Trinajstić information content (AvgIpc) is 2.93. The monoisotopic (exact) mass is 349 g/mol. The number of anilines is 1. The maximum absolute atomic E-state index is 12.7. The highest BCUT2D eigenvalue weighted by Gasteiger charge is 2.33. The number of pyridine rings is 1. The van der Waals surface area contributed by atoms with E-state index in [9.17, 15) is 18.3 Å². The average molecular weight is 350 g/mol. The normalized spacial score (nSPS) is 24.4. The molecule has 1 aromatic heterocycles. The van der Waals surface area contributed by atoms with Gasteiger partial charge in [-0.05, 0) is 25.3 Å². The Kier molecular flexibility index (Phi) is 4.71. The zero-order valence-corrected chi connectivity index (χ0v) is 13.3. The molecule has 128 valence electrons. The van der Waals surface area contributed by atoms with E-state index in [1.807, 2.05) is 4.90 Å². The number of aliphatic hydroxyl groups is 1. The Bertz CT molecular complexity index is 561. The van der Waals surface area contributed by atoms with Crippen LogP contribution in [0.1, 0.15) is 24.8 Å². The summed E-state index contributed by atoms with van der Waals surface area (Å²) in [6.45, 7) is 3.03. The zero-order chi connectivity index (χ0) is 16.6. The van der Waals surface area contributed by atoms with Gasteiger partial charge in [0.15, 0.2) is 0 Å². The number of alkyl halides is 3. The summed E-state index contributed by atoms with van der Waals surface area (Å²) in [7, 11) is 0. The van der Waals surface area contributed by atoms with Crippen LogP contribution < -0.4 is 4.90 Å². The van der Waals surface area contributed by atoms with E-state index in [1.165, 1.54) is 0 Å². The van der Waals surface area contributed by atoms with Crippen molar-refractivity contribution in [3.05, 3.63) is 22.8 Å². The smallest absolute Gasteiger partial charge is 0.392 e. The largest absolute Gasteiger partial charge is 0.417 e. The van der Waals surface area contributed by atoms with Crippen molar-refractivity contribution in [2.24, 2.45) is 0 Å². The molecule has 0 bridgehead atoms. The Labute approximate surface area is 137 Å². The van der Waals surface area contributed by atoms with Crippen LogP contribution in [0.15, 0.2) is 12.3 Å². The lowest BCUT2D eigenvalue weighted by atomic mass is 10.0. The maximum atomic E-state index is 12.7. The number of likely N-dealkylation sites (tertiary alicyclic amines) is 1. The Morgan fingerprint density at radius 1 is 1.17 bits per heavy atom. The molecule has 23 heavy (non-hydrogen) atoms. The highest BCUT2D eigenvalue weighted by molar-refractivity contribution is 6.33. The van der Waals surface area contributed by atoms with Gasteiger partial charge in [0.1, 0.15) is 5.82 Å². The molecule has 2 saturated heterocycles. The summed E-state index contributed by atoms with van der Waals surface area (Å²) >= 11 is 6.00. The van der Waals surface area contributed by atoms with E-state index in [1.54, 1.807) is 0 Å². The minimum atomic E-state index is -4.43. The minimum absolute atomic E-state index is 0.0369. The molecule has 8 heteroatoms. The van der Waals surface area contributed by atoms with Gasteiger partial charge in [-0.15, -0.1) is 0 Å². The molecule has 0 spiro atoms. The van der Waals surface area contributed by atoms with Gasteiger partial charge in [-0.25, -0.2) is 4.98 Å². The molecule has 0 amide bonds. The Morgan fingerprint density at radius 2 is 1.87 bits per heavy atom. The molecule has 0 aliphatic carbocycles. The molecular formula is C15H19ClF3N3O. The quantitative estimate of drug-likeness (QED) is 0.891. The fourth-order valence-electron chi connectivity index (χ4n) is 3.36. The van der Waals surface area contributed by atoms with Gasteiger partial charge in [0.25, 0.3) is 0 Å². The lowest BCUT2D eigenvalue weighted by molar-refractivity contribution is -0.137. The molecule has 2 fully saturated rings. The number of hydrogen-bond donors (Lipinski definition) is 1. The van der Waals surface area contributed by atoms with Gasteiger partial charge in [0.2, 0.25) is 0 Å². The lowest BCUT2D eigenvalue weighted by Gasteiger charge is -2.37. The molecule has 2 aliphatic heterocycles. The third-order valence-electron chi connectivity index (χ3n) is 4.62. The fraction of sp³-hybridized carbons (Fsp3) is 0.667. The fourth-order valence-corrected chi connectivity index (χ4v) is 3.65. The number of piperidine rings is 1. The topological polar surface area (TPSA) is 39.6 Å². The third kappa shape index (κ3) is 3.72. The van der Waals surface area contributed by atoms with E-state index in [-0.39, 0.29) is 11.1 Å². The zero-order valence-electron chi connectivity index (χ0n) is 12.6. The van der Waals surface area contributed by atoms with Crippen molar-refractivity contribution in [2.75, 3.05) is 31.1 Å². The van der Waals surface area contributed by atoms with Gasteiger partial charge < -0.3 is 10.0 Å². The second-order valence-corrected chi connectivity index (χ2v) is 6.59. The first-order valence-electron chi connectivity index (χ1n) is 7.74. The van der Waals surface area contributed by atoms with Crippen LogP contribution in [0.25, 0.3) is 0 Å². The maximum Gasteiger partial charge on any atom is 0.417 e. The summed E-state index contributed by atoms with van der Waals surface area (Å²) in [6, 6.07) is 1.35. The molecule has 0 saturated carbocycles. The van der Waals surface area contributed by atoms with Gasteiger partial charge in [-0.2, -0.15) is 13.2 Å². The van der Waals surface area contributed by atoms with Crippen LogP contribution in [0.3, 0.4) is 0 Å². The standard InChI is InChI=1S/C15H19ClF3N3O/c16-13-7-10(15(17,18)19)8-20-14(13)21-4-1-11(2-5-21)22-6-3-12(23)9-22/h7-8,11-12,23H,1-6,9H2. The summed E-state index contributed by atoms with van der Waals surface area (Å²) in [6.07, 6.45) is -1.23.